The molecule has 1 aliphatic carbocycles. The van der Waals surface area contributed by atoms with Crippen molar-refractivity contribution in [2.45, 2.75) is 25.3 Å². The van der Waals surface area contributed by atoms with Crippen molar-refractivity contribution in [2.24, 2.45) is 5.92 Å². The number of phenols is 1. The van der Waals surface area contributed by atoms with E-state index in [4.69, 9.17) is 5.11 Å². The molecule has 0 aliphatic heterocycles. The fraction of sp³-hybridized carbons (Fsp3) is 0.462. The Morgan fingerprint density at radius 3 is 2.70 bits per heavy atom. The molecule has 0 heterocycles. The Hall–Kier alpha value is -1.24. The lowest BCUT2D eigenvalue weighted by Gasteiger charge is -2.19. The molecule has 1 aliphatic rings. The van der Waals surface area contributed by atoms with Gasteiger partial charge in [0.05, 0.1) is 5.56 Å². The number of carbonyl (C=O) groups is 1. The minimum atomic E-state index is -1.70. The molecule has 2 N–H and O–H groups in total. The Bertz CT molecular complexity index is 539. The first-order valence-corrected chi connectivity index (χ1v) is 7.31. The average molecular weight is 352 g/mol. The molecular formula is C13H13BrF3NO2. The van der Waals surface area contributed by atoms with Crippen LogP contribution in [0, 0.1) is 23.4 Å². The Morgan fingerprint density at radius 2 is 2.05 bits per heavy atom. The van der Waals surface area contributed by atoms with Gasteiger partial charge in [0.2, 0.25) is 5.82 Å². The lowest BCUT2D eigenvalue weighted by Crippen LogP contribution is -2.38. The van der Waals surface area contributed by atoms with E-state index in [2.05, 4.69) is 21.2 Å². The highest BCUT2D eigenvalue weighted by atomic mass is 79.9. The van der Waals surface area contributed by atoms with Gasteiger partial charge in [-0.05, 0) is 24.8 Å². The zero-order valence-corrected chi connectivity index (χ0v) is 12.0. The van der Waals surface area contributed by atoms with Crippen molar-refractivity contribution in [3.05, 3.63) is 29.1 Å². The fourth-order valence-electron chi connectivity index (χ4n) is 2.41. The van der Waals surface area contributed by atoms with Gasteiger partial charge >= 0.3 is 0 Å². The summed E-state index contributed by atoms with van der Waals surface area (Å²) in [6, 6.07) is 0.314. The summed E-state index contributed by atoms with van der Waals surface area (Å²) >= 11 is 3.34. The molecule has 1 aromatic carbocycles. The fourth-order valence-corrected chi connectivity index (χ4v) is 3.19. The van der Waals surface area contributed by atoms with E-state index in [1.54, 1.807) is 0 Å². The van der Waals surface area contributed by atoms with E-state index in [9.17, 15) is 18.0 Å². The van der Waals surface area contributed by atoms with E-state index >= 15 is 0 Å². The third kappa shape index (κ3) is 2.77. The van der Waals surface area contributed by atoms with Crippen LogP contribution < -0.4 is 5.32 Å². The number of hydrogen-bond acceptors (Lipinski definition) is 2. The molecule has 2 atom stereocenters. The summed E-state index contributed by atoms with van der Waals surface area (Å²) in [6.45, 7) is 0. The highest BCUT2D eigenvalue weighted by Gasteiger charge is 2.30. The standard InChI is InChI=1S/C13H13BrF3NO2/c14-5-6-2-1-3-9(6)18-13(20)7-4-8(15)11(17)12(19)10(7)16/h4,6,9,19H,1-3,5H2,(H,18,20). The van der Waals surface area contributed by atoms with Crippen LogP contribution in [0.4, 0.5) is 13.2 Å². The molecule has 7 heteroatoms. The molecule has 1 fully saturated rings. The summed E-state index contributed by atoms with van der Waals surface area (Å²) in [4.78, 5) is 11.9. The van der Waals surface area contributed by atoms with Crippen LogP contribution in [-0.2, 0) is 0 Å². The summed E-state index contributed by atoms with van der Waals surface area (Å²) in [6.07, 6.45) is 2.62. The lowest BCUT2D eigenvalue weighted by atomic mass is 10.1. The Balaban J connectivity index is 2.22. The van der Waals surface area contributed by atoms with Gasteiger partial charge < -0.3 is 10.4 Å². The van der Waals surface area contributed by atoms with Crippen LogP contribution in [0.3, 0.4) is 0 Å². The van der Waals surface area contributed by atoms with E-state index in [0.29, 0.717) is 11.4 Å². The molecule has 0 spiro atoms. The number of rotatable bonds is 3. The number of carbonyl (C=O) groups excluding carboxylic acids is 1. The van der Waals surface area contributed by atoms with Gasteiger partial charge in [0.25, 0.3) is 5.91 Å². The maximum Gasteiger partial charge on any atom is 0.254 e. The smallest absolute Gasteiger partial charge is 0.254 e. The van der Waals surface area contributed by atoms with Crippen molar-refractivity contribution in [3.8, 4) is 5.75 Å². The Kier molecular flexibility index (Phi) is 4.57. The molecule has 20 heavy (non-hydrogen) atoms. The second kappa shape index (κ2) is 6.03. The lowest BCUT2D eigenvalue weighted by molar-refractivity contribution is 0.0924. The van der Waals surface area contributed by atoms with Crippen LogP contribution in [0.5, 0.6) is 5.75 Å². The van der Waals surface area contributed by atoms with Gasteiger partial charge in [0.15, 0.2) is 17.4 Å². The Labute approximate surface area is 122 Å². The van der Waals surface area contributed by atoms with Crippen molar-refractivity contribution < 1.29 is 23.1 Å². The number of alkyl halides is 1. The Morgan fingerprint density at radius 1 is 1.35 bits per heavy atom. The van der Waals surface area contributed by atoms with Crippen molar-refractivity contribution in [3.63, 3.8) is 0 Å². The molecule has 1 aromatic rings. The molecule has 0 radical (unpaired) electrons. The molecular weight excluding hydrogens is 339 g/mol. The third-order valence-electron chi connectivity index (χ3n) is 3.55. The molecule has 2 unspecified atom stereocenters. The van der Waals surface area contributed by atoms with Gasteiger partial charge in [-0.2, -0.15) is 4.39 Å². The third-order valence-corrected chi connectivity index (χ3v) is 4.38. The van der Waals surface area contributed by atoms with Crippen LogP contribution >= 0.6 is 15.9 Å². The van der Waals surface area contributed by atoms with Gasteiger partial charge in [-0.25, -0.2) is 8.78 Å². The van der Waals surface area contributed by atoms with Crippen LogP contribution in [0.25, 0.3) is 0 Å². The number of benzene rings is 1. The van der Waals surface area contributed by atoms with E-state index < -0.39 is 34.7 Å². The topological polar surface area (TPSA) is 49.3 Å². The zero-order valence-electron chi connectivity index (χ0n) is 10.4. The zero-order chi connectivity index (χ0) is 14.9. The monoisotopic (exact) mass is 351 g/mol. The predicted octanol–water partition coefficient (Wildman–Crippen LogP) is 3.10. The van der Waals surface area contributed by atoms with Gasteiger partial charge in [0, 0.05) is 11.4 Å². The van der Waals surface area contributed by atoms with Gasteiger partial charge in [0.1, 0.15) is 0 Å². The number of halogens is 4. The van der Waals surface area contributed by atoms with Gasteiger partial charge in [-0.1, -0.05) is 22.4 Å². The minimum absolute atomic E-state index is 0.142. The molecule has 0 bridgehead atoms. The van der Waals surface area contributed by atoms with Crippen molar-refractivity contribution in [1.82, 2.24) is 5.32 Å². The van der Waals surface area contributed by atoms with Crippen LogP contribution in [-0.4, -0.2) is 22.4 Å². The average Bonchev–Trinajstić information content (AvgIpc) is 2.87. The van der Waals surface area contributed by atoms with E-state index in [0.717, 1.165) is 19.3 Å². The van der Waals surface area contributed by atoms with Crippen LogP contribution in [0.15, 0.2) is 6.07 Å². The maximum atomic E-state index is 13.6. The van der Waals surface area contributed by atoms with E-state index in [-0.39, 0.29) is 12.0 Å². The van der Waals surface area contributed by atoms with E-state index in [1.165, 1.54) is 0 Å². The highest BCUT2D eigenvalue weighted by molar-refractivity contribution is 9.09. The SMILES string of the molecule is O=C(NC1CCCC1CBr)c1cc(F)c(F)c(O)c1F. The van der Waals surface area contributed by atoms with Crippen molar-refractivity contribution in [2.75, 3.05) is 5.33 Å². The van der Waals surface area contributed by atoms with Crippen LogP contribution in [0.1, 0.15) is 29.6 Å². The summed E-state index contributed by atoms with van der Waals surface area (Å²) < 4.78 is 39.7. The summed E-state index contributed by atoms with van der Waals surface area (Å²) in [5, 5.41) is 12.4. The molecule has 1 saturated carbocycles. The maximum absolute atomic E-state index is 13.6. The second-order valence-corrected chi connectivity index (χ2v) is 5.46. The van der Waals surface area contributed by atoms with Gasteiger partial charge in [-0.15, -0.1) is 0 Å². The number of aromatic hydroxyl groups is 1. The largest absolute Gasteiger partial charge is 0.503 e. The number of amides is 1. The molecule has 110 valence electrons. The quantitative estimate of drug-likeness (QED) is 0.649. The number of hydrogen-bond donors (Lipinski definition) is 2. The highest BCUT2D eigenvalue weighted by Crippen LogP contribution is 2.29. The van der Waals surface area contributed by atoms with Crippen molar-refractivity contribution >= 4 is 21.8 Å². The first-order chi connectivity index (χ1) is 9.45. The first-order valence-electron chi connectivity index (χ1n) is 6.19. The molecule has 0 aromatic heterocycles. The molecule has 1 amide bonds. The molecule has 2 rings (SSSR count). The normalized spacial score (nSPS) is 22.0. The minimum Gasteiger partial charge on any atom is -0.503 e. The summed E-state index contributed by atoms with van der Waals surface area (Å²) in [5.41, 5.74) is -0.693. The van der Waals surface area contributed by atoms with Crippen LogP contribution in [0.2, 0.25) is 0 Å². The number of phenolic OH excluding ortho intramolecular Hbond substituents is 1. The predicted molar refractivity (Wildman–Crippen MR) is 70.4 cm³/mol. The summed E-state index contributed by atoms with van der Waals surface area (Å²) in [7, 11) is 0. The van der Waals surface area contributed by atoms with Gasteiger partial charge in [-0.3, -0.25) is 4.79 Å². The van der Waals surface area contributed by atoms with E-state index in [1.807, 2.05) is 0 Å². The number of nitrogens with one attached hydrogen (secondary N) is 1. The summed E-state index contributed by atoms with van der Waals surface area (Å²) in [5.74, 6) is -6.71. The second-order valence-electron chi connectivity index (χ2n) is 4.81. The van der Waals surface area contributed by atoms with Crippen molar-refractivity contribution in [1.29, 1.82) is 0 Å². The first kappa shape index (κ1) is 15.2. The molecule has 3 nitrogen and oxygen atoms in total. The molecule has 0 saturated heterocycles.